The van der Waals surface area contributed by atoms with E-state index < -0.39 is 12.0 Å². The van der Waals surface area contributed by atoms with Crippen LogP contribution in [0, 0.1) is 0 Å². The Morgan fingerprint density at radius 3 is 2.00 bits per heavy atom. The zero-order valence-corrected chi connectivity index (χ0v) is 25.5. The van der Waals surface area contributed by atoms with E-state index in [9.17, 15) is 9.59 Å². The van der Waals surface area contributed by atoms with Gasteiger partial charge in [0.15, 0.2) is 0 Å². The zero-order valence-electron chi connectivity index (χ0n) is 25.5. The molecular formula is C40H34N2O4. The fourth-order valence-electron chi connectivity index (χ4n) is 5.37. The van der Waals surface area contributed by atoms with Crippen LogP contribution in [0.15, 0.2) is 146 Å². The van der Waals surface area contributed by atoms with Gasteiger partial charge in [0.2, 0.25) is 0 Å². The van der Waals surface area contributed by atoms with Gasteiger partial charge in [0, 0.05) is 24.2 Å². The van der Waals surface area contributed by atoms with Gasteiger partial charge in [0.25, 0.3) is 5.91 Å². The fraction of sp³-hybridized carbons (Fsp3) is 0.100. The Hall–Kier alpha value is -5.88. The van der Waals surface area contributed by atoms with Gasteiger partial charge in [0.05, 0.1) is 7.11 Å². The first kappa shape index (κ1) is 30.2. The summed E-state index contributed by atoms with van der Waals surface area (Å²) < 4.78 is 10.9. The Morgan fingerprint density at radius 1 is 0.652 bits per heavy atom. The van der Waals surface area contributed by atoms with Crippen molar-refractivity contribution in [3.63, 3.8) is 0 Å². The molecule has 0 heterocycles. The maximum atomic E-state index is 13.1. The van der Waals surface area contributed by atoms with E-state index in [1.54, 1.807) is 12.1 Å². The highest BCUT2D eigenvalue weighted by molar-refractivity contribution is 5.97. The molecule has 6 aromatic carbocycles. The van der Waals surface area contributed by atoms with Gasteiger partial charge in [-0.25, -0.2) is 4.79 Å². The predicted octanol–water partition coefficient (Wildman–Crippen LogP) is 8.43. The van der Waals surface area contributed by atoms with E-state index in [-0.39, 0.29) is 5.91 Å². The molecule has 6 heteroatoms. The number of nitrogens with one attached hydrogen (secondary N) is 2. The standard InChI is InChI=1S/C40H34N2O4/c1-45-40(44)38(26-28-14-16-29(17-15-28)30-20-24-36(25-21-30)46-35-11-3-2-4-12-35)42-39(43)32-18-22-34(23-19-32)41-27-33-10-7-9-31-8-5-6-13-37(31)33/h2-25,38,41H,26-27H2,1H3,(H,42,43). The minimum absolute atomic E-state index is 0.299. The maximum Gasteiger partial charge on any atom is 0.328 e. The molecule has 0 saturated heterocycles. The van der Waals surface area contributed by atoms with Gasteiger partial charge in [-0.3, -0.25) is 4.79 Å². The molecule has 1 unspecified atom stereocenters. The number of carbonyl (C=O) groups excluding carboxylic acids is 2. The molecule has 6 aromatic rings. The second-order valence-corrected chi connectivity index (χ2v) is 11.0. The summed E-state index contributed by atoms with van der Waals surface area (Å²) in [4.78, 5) is 25.8. The zero-order chi connectivity index (χ0) is 31.7. The van der Waals surface area contributed by atoms with Crippen molar-refractivity contribution in [1.82, 2.24) is 5.32 Å². The quantitative estimate of drug-likeness (QED) is 0.145. The lowest BCUT2D eigenvalue weighted by Crippen LogP contribution is -2.43. The van der Waals surface area contributed by atoms with Crippen LogP contribution in [-0.4, -0.2) is 25.0 Å². The fourth-order valence-corrected chi connectivity index (χ4v) is 5.37. The van der Waals surface area contributed by atoms with E-state index >= 15 is 0 Å². The Kier molecular flexibility index (Phi) is 9.35. The summed E-state index contributed by atoms with van der Waals surface area (Å²) in [6.45, 7) is 0.657. The van der Waals surface area contributed by atoms with E-state index in [2.05, 4.69) is 41.0 Å². The van der Waals surface area contributed by atoms with E-state index in [0.29, 0.717) is 18.5 Å². The van der Waals surface area contributed by atoms with Crippen molar-refractivity contribution in [2.45, 2.75) is 19.0 Å². The predicted molar refractivity (Wildman–Crippen MR) is 183 cm³/mol. The first-order chi connectivity index (χ1) is 22.6. The second kappa shape index (κ2) is 14.3. The first-order valence-corrected chi connectivity index (χ1v) is 15.2. The molecule has 0 bridgehead atoms. The minimum Gasteiger partial charge on any atom is -0.467 e. The van der Waals surface area contributed by atoms with Crippen LogP contribution in [0.3, 0.4) is 0 Å². The third-order valence-electron chi connectivity index (χ3n) is 7.86. The van der Waals surface area contributed by atoms with Crippen molar-refractivity contribution in [3.8, 4) is 22.6 Å². The van der Waals surface area contributed by atoms with Crippen molar-refractivity contribution in [2.24, 2.45) is 0 Å². The summed E-state index contributed by atoms with van der Waals surface area (Å²) in [6.07, 6.45) is 0.299. The largest absolute Gasteiger partial charge is 0.467 e. The summed E-state index contributed by atoms with van der Waals surface area (Å²) >= 11 is 0. The van der Waals surface area contributed by atoms with Crippen LogP contribution in [0.25, 0.3) is 21.9 Å². The molecule has 1 atom stereocenters. The maximum absolute atomic E-state index is 13.1. The van der Waals surface area contributed by atoms with Gasteiger partial charge in [-0.05, 0) is 81.6 Å². The Labute approximate surface area is 268 Å². The molecule has 46 heavy (non-hydrogen) atoms. The number of hydrogen-bond acceptors (Lipinski definition) is 5. The van der Waals surface area contributed by atoms with Gasteiger partial charge in [-0.1, -0.05) is 97.1 Å². The first-order valence-electron chi connectivity index (χ1n) is 15.2. The molecular weight excluding hydrogens is 572 g/mol. The van der Waals surface area contributed by atoms with Crippen molar-refractivity contribution in [1.29, 1.82) is 0 Å². The van der Waals surface area contributed by atoms with Crippen LogP contribution in [0.5, 0.6) is 11.5 Å². The van der Waals surface area contributed by atoms with Crippen LogP contribution >= 0.6 is 0 Å². The normalized spacial score (nSPS) is 11.4. The van der Waals surface area contributed by atoms with Gasteiger partial charge in [-0.15, -0.1) is 0 Å². The topological polar surface area (TPSA) is 76.7 Å². The molecule has 0 aliphatic carbocycles. The highest BCUT2D eigenvalue weighted by Crippen LogP contribution is 2.26. The molecule has 0 saturated carbocycles. The number of fused-ring (bicyclic) bond motifs is 1. The number of carbonyl (C=O) groups is 2. The lowest BCUT2D eigenvalue weighted by atomic mass is 10.00. The molecule has 228 valence electrons. The second-order valence-electron chi connectivity index (χ2n) is 11.0. The van der Waals surface area contributed by atoms with E-state index in [1.165, 1.54) is 23.4 Å². The number of esters is 1. The summed E-state index contributed by atoms with van der Waals surface area (Å²) in [5.41, 5.74) is 5.52. The van der Waals surface area contributed by atoms with Crippen molar-refractivity contribution >= 4 is 28.3 Å². The molecule has 0 fully saturated rings. The number of methoxy groups -OCH3 is 1. The van der Waals surface area contributed by atoms with Crippen molar-refractivity contribution < 1.29 is 19.1 Å². The summed E-state index contributed by atoms with van der Waals surface area (Å²) in [5, 5.41) is 8.70. The van der Waals surface area contributed by atoms with Gasteiger partial charge in [-0.2, -0.15) is 0 Å². The summed E-state index contributed by atoms with van der Waals surface area (Å²) in [7, 11) is 1.33. The van der Waals surface area contributed by atoms with Crippen LogP contribution in [-0.2, 0) is 22.5 Å². The molecule has 0 aliphatic rings. The van der Waals surface area contributed by atoms with E-state index in [4.69, 9.17) is 9.47 Å². The number of rotatable bonds is 11. The van der Waals surface area contributed by atoms with E-state index in [0.717, 1.165) is 33.9 Å². The molecule has 0 spiro atoms. The minimum atomic E-state index is -0.832. The Morgan fingerprint density at radius 2 is 1.28 bits per heavy atom. The Bertz CT molecular complexity index is 1910. The number of anilines is 1. The number of ether oxygens (including phenoxy) is 2. The van der Waals surface area contributed by atoms with Crippen LogP contribution in [0.4, 0.5) is 5.69 Å². The molecule has 0 radical (unpaired) electrons. The number of hydrogen-bond donors (Lipinski definition) is 2. The number of amides is 1. The van der Waals surface area contributed by atoms with Crippen LogP contribution in [0.2, 0.25) is 0 Å². The lowest BCUT2D eigenvalue weighted by Gasteiger charge is -2.17. The lowest BCUT2D eigenvalue weighted by molar-refractivity contribution is -0.142. The molecule has 2 N–H and O–H groups in total. The SMILES string of the molecule is COC(=O)C(Cc1ccc(-c2ccc(Oc3ccccc3)cc2)cc1)NC(=O)c1ccc(NCc2cccc3ccccc23)cc1. The van der Waals surface area contributed by atoms with Gasteiger partial charge >= 0.3 is 5.97 Å². The number of para-hydroxylation sites is 1. The van der Waals surface area contributed by atoms with Crippen molar-refractivity contribution in [3.05, 3.63) is 162 Å². The van der Waals surface area contributed by atoms with Crippen LogP contribution < -0.4 is 15.4 Å². The summed E-state index contributed by atoms with van der Waals surface area (Å²) in [6, 6.07) is 46.4. The molecule has 6 rings (SSSR count). The van der Waals surface area contributed by atoms with Gasteiger partial charge in [0.1, 0.15) is 17.5 Å². The van der Waals surface area contributed by atoms with Crippen LogP contribution in [0.1, 0.15) is 21.5 Å². The van der Waals surface area contributed by atoms with E-state index in [1.807, 2.05) is 103 Å². The molecule has 6 nitrogen and oxygen atoms in total. The average Bonchev–Trinajstić information content (AvgIpc) is 3.11. The third-order valence-corrected chi connectivity index (χ3v) is 7.86. The molecule has 0 aromatic heterocycles. The molecule has 0 aliphatic heterocycles. The summed E-state index contributed by atoms with van der Waals surface area (Å²) in [5.74, 6) is 0.703. The molecule has 1 amide bonds. The number of benzene rings is 6. The Balaban J connectivity index is 1.06. The average molecular weight is 607 g/mol. The van der Waals surface area contributed by atoms with Gasteiger partial charge < -0.3 is 20.1 Å². The van der Waals surface area contributed by atoms with Crippen molar-refractivity contribution in [2.75, 3.05) is 12.4 Å². The highest BCUT2D eigenvalue weighted by atomic mass is 16.5. The highest BCUT2D eigenvalue weighted by Gasteiger charge is 2.23. The smallest absolute Gasteiger partial charge is 0.328 e. The third kappa shape index (κ3) is 7.42. The monoisotopic (exact) mass is 606 g/mol.